The number of halogens is 1. The van der Waals surface area contributed by atoms with Crippen molar-refractivity contribution >= 4 is 0 Å². The van der Waals surface area contributed by atoms with E-state index in [1.807, 2.05) is 19.2 Å². The first kappa shape index (κ1) is 16.4. The quantitative estimate of drug-likeness (QED) is 0.861. The second-order valence-corrected chi connectivity index (χ2v) is 6.43. The number of likely N-dealkylation sites (tertiary alicyclic amines) is 1. The second-order valence-electron chi connectivity index (χ2n) is 6.43. The number of nitrogens with zero attached hydrogens (tertiary/aromatic N) is 1. The smallest absolute Gasteiger partial charge is 0.123 e. The molecule has 3 heteroatoms. The Labute approximate surface area is 128 Å². The summed E-state index contributed by atoms with van der Waals surface area (Å²) < 4.78 is 13.1. The minimum atomic E-state index is -0.158. The number of benzene rings is 1. The number of piperidine rings is 1. The molecule has 1 saturated heterocycles. The summed E-state index contributed by atoms with van der Waals surface area (Å²) in [5.74, 6) is -0.158. The van der Waals surface area contributed by atoms with Crippen molar-refractivity contribution in [3.8, 4) is 0 Å². The molecule has 118 valence electrons. The third-order valence-corrected chi connectivity index (χ3v) is 5.25. The Morgan fingerprint density at radius 1 is 1.19 bits per heavy atom. The monoisotopic (exact) mass is 292 g/mol. The lowest BCUT2D eigenvalue weighted by atomic mass is 9.82. The molecule has 1 aliphatic heterocycles. The second kappa shape index (κ2) is 7.37. The van der Waals surface area contributed by atoms with Crippen molar-refractivity contribution in [2.75, 3.05) is 20.1 Å². The van der Waals surface area contributed by atoms with Gasteiger partial charge in [0.2, 0.25) is 0 Å². The third-order valence-electron chi connectivity index (χ3n) is 5.25. The van der Waals surface area contributed by atoms with Crippen molar-refractivity contribution in [1.29, 1.82) is 0 Å². The van der Waals surface area contributed by atoms with Gasteiger partial charge in [0, 0.05) is 11.6 Å². The van der Waals surface area contributed by atoms with E-state index >= 15 is 0 Å². The van der Waals surface area contributed by atoms with E-state index in [0.717, 1.165) is 12.8 Å². The minimum Gasteiger partial charge on any atom is -0.315 e. The van der Waals surface area contributed by atoms with E-state index in [-0.39, 0.29) is 11.4 Å². The lowest BCUT2D eigenvalue weighted by Gasteiger charge is -2.48. The molecule has 21 heavy (non-hydrogen) atoms. The van der Waals surface area contributed by atoms with Crippen LogP contribution >= 0.6 is 0 Å². The molecule has 1 aromatic carbocycles. The van der Waals surface area contributed by atoms with Gasteiger partial charge in [0.1, 0.15) is 5.82 Å². The van der Waals surface area contributed by atoms with Gasteiger partial charge in [0.15, 0.2) is 0 Å². The fourth-order valence-corrected chi connectivity index (χ4v) is 3.58. The molecule has 0 aliphatic carbocycles. The van der Waals surface area contributed by atoms with Crippen LogP contribution in [0.3, 0.4) is 0 Å². The zero-order chi connectivity index (χ0) is 15.3. The molecule has 0 saturated carbocycles. The number of likely N-dealkylation sites (N-methyl/N-ethyl adjacent to an activating group) is 1. The van der Waals surface area contributed by atoms with Crippen LogP contribution in [-0.4, -0.2) is 36.6 Å². The molecule has 0 amide bonds. The maximum absolute atomic E-state index is 13.1. The van der Waals surface area contributed by atoms with Gasteiger partial charge in [-0.05, 0) is 70.4 Å². The van der Waals surface area contributed by atoms with Crippen LogP contribution in [0.15, 0.2) is 24.3 Å². The predicted molar refractivity (Wildman–Crippen MR) is 87.1 cm³/mol. The summed E-state index contributed by atoms with van der Waals surface area (Å²) in [5, 5.41) is 3.52. The summed E-state index contributed by atoms with van der Waals surface area (Å²) in [6, 6.07) is 7.32. The van der Waals surface area contributed by atoms with Crippen LogP contribution in [0.4, 0.5) is 4.39 Å². The Kier molecular flexibility index (Phi) is 5.77. The average Bonchev–Trinajstić information content (AvgIpc) is 2.54. The van der Waals surface area contributed by atoms with E-state index in [0.29, 0.717) is 6.04 Å². The van der Waals surface area contributed by atoms with Gasteiger partial charge in [-0.3, -0.25) is 4.90 Å². The number of nitrogens with one attached hydrogen (secondary N) is 1. The van der Waals surface area contributed by atoms with E-state index in [9.17, 15) is 4.39 Å². The van der Waals surface area contributed by atoms with Gasteiger partial charge in [0.05, 0.1) is 0 Å². The first-order chi connectivity index (χ1) is 10.1. The molecule has 1 aliphatic rings. The van der Waals surface area contributed by atoms with Crippen molar-refractivity contribution < 1.29 is 4.39 Å². The van der Waals surface area contributed by atoms with E-state index in [1.54, 1.807) is 12.1 Å². The molecule has 0 aromatic heterocycles. The van der Waals surface area contributed by atoms with Crippen molar-refractivity contribution in [3.05, 3.63) is 35.6 Å². The van der Waals surface area contributed by atoms with Crippen molar-refractivity contribution in [2.24, 2.45) is 0 Å². The molecule has 1 heterocycles. The van der Waals surface area contributed by atoms with Gasteiger partial charge in [-0.1, -0.05) is 25.5 Å². The average molecular weight is 292 g/mol. The lowest BCUT2D eigenvalue weighted by molar-refractivity contribution is 0.0453. The molecule has 1 N–H and O–H groups in total. The van der Waals surface area contributed by atoms with Gasteiger partial charge < -0.3 is 5.32 Å². The first-order valence-electron chi connectivity index (χ1n) is 8.27. The maximum atomic E-state index is 13.1. The molecule has 2 rings (SSSR count). The molecular weight excluding hydrogens is 263 g/mol. The zero-order valence-corrected chi connectivity index (χ0v) is 13.7. The molecule has 2 nitrogen and oxygen atoms in total. The molecule has 1 aromatic rings. The maximum Gasteiger partial charge on any atom is 0.123 e. The van der Waals surface area contributed by atoms with E-state index < -0.39 is 0 Å². The Bertz CT molecular complexity index is 425. The van der Waals surface area contributed by atoms with Gasteiger partial charge >= 0.3 is 0 Å². The summed E-state index contributed by atoms with van der Waals surface area (Å²) in [6.07, 6.45) is 6.04. The van der Waals surface area contributed by atoms with Crippen LogP contribution in [0, 0.1) is 5.82 Å². The zero-order valence-electron chi connectivity index (χ0n) is 13.7. The Hall–Kier alpha value is -0.930. The van der Waals surface area contributed by atoms with E-state index in [2.05, 4.69) is 24.1 Å². The van der Waals surface area contributed by atoms with Gasteiger partial charge in [-0.2, -0.15) is 0 Å². The fraction of sp³-hybridized carbons (Fsp3) is 0.667. The number of rotatable bonds is 6. The highest BCUT2D eigenvalue weighted by Gasteiger charge is 2.37. The fourth-order valence-electron chi connectivity index (χ4n) is 3.58. The highest BCUT2D eigenvalue weighted by Crippen LogP contribution is 2.29. The highest BCUT2D eigenvalue weighted by atomic mass is 19.1. The SMILES string of the molecule is CCC(C)(C(Cc1ccc(F)cc1)NC)N1CCCCC1. The van der Waals surface area contributed by atoms with Gasteiger partial charge in [-0.25, -0.2) is 4.39 Å². The van der Waals surface area contributed by atoms with Crippen molar-refractivity contribution in [3.63, 3.8) is 0 Å². The minimum absolute atomic E-state index is 0.156. The van der Waals surface area contributed by atoms with Crippen LogP contribution in [0.1, 0.15) is 45.1 Å². The number of hydrogen-bond donors (Lipinski definition) is 1. The first-order valence-corrected chi connectivity index (χ1v) is 8.27. The molecular formula is C18H29FN2. The molecule has 0 bridgehead atoms. The topological polar surface area (TPSA) is 15.3 Å². The molecule has 2 unspecified atom stereocenters. The Balaban J connectivity index is 2.13. The van der Waals surface area contributed by atoms with Crippen LogP contribution in [0.25, 0.3) is 0 Å². The highest BCUT2D eigenvalue weighted by molar-refractivity contribution is 5.18. The van der Waals surface area contributed by atoms with Crippen LogP contribution in [0.2, 0.25) is 0 Å². The van der Waals surface area contributed by atoms with Crippen LogP contribution in [-0.2, 0) is 6.42 Å². The van der Waals surface area contributed by atoms with Crippen LogP contribution in [0.5, 0.6) is 0 Å². The Morgan fingerprint density at radius 3 is 2.33 bits per heavy atom. The van der Waals surface area contributed by atoms with Gasteiger partial charge in [-0.15, -0.1) is 0 Å². The standard InChI is InChI=1S/C18H29FN2/c1-4-18(2,21-12-6-5-7-13-21)17(20-3)14-15-8-10-16(19)11-9-15/h8-11,17,20H,4-7,12-14H2,1-3H3. The summed E-state index contributed by atoms with van der Waals surface area (Å²) in [5.41, 5.74) is 1.36. The largest absolute Gasteiger partial charge is 0.315 e. The summed E-state index contributed by atoms with van der Waals surface area (Å²) in [4.78, 5) is 2.65. The van der Waals surface area contributed by atoms with Crippen molar-refractivity contribution in [2.45, 2.75) is 57.5 Å². The van der Waals surface area contributed by atoms with Gasteiger partial charge in [0.25, 0.3) is 0 Å². The third kappa shape index (κ3) is 3.83. The predicted octanol–water partition coefficient (Wildman–Crippen LogP) is 3.61. The Morgan fingerprint density at radius 2 is 1.81 bits per heavy atom. The molecule has 0 radical (unpaired) electrons. The van der Waals surface area contributed by atoms with Crippen molar-refractivity contribution in [1.82, 2.24) is 10.2 Å². The summed E-state index contributed by atoms with van der Waals surface area (Å²) in [6.45, 7) is 7.06. The normalized spacial score (nSPS) is 21.0. The lowest BCUT2D eigenvalue weighted by Crippen LogP contribution is -2.60. The molecule has 1 fully saturated rings. The van der Waals surface area contributed by atoms with Crippen LogP contribution < -0.4 is 5.32 Å². The summed E-state index contributed by atoms with van der Waals surface area (Å²) >= 11 is 0. The van der Waals surface area contributed by atoms with E-state index in [1.165, 1.54) is 37.9 Å². The summed E-state index contributed by atoms with van der Waals surface area (Å²) in [7, 11) is 2.05. The van der Waals surface area contributed by atoms with E-state index in [4.69, 9.17) is 0 Å². The molecule has 2 atom stereocenters. The number of hydrogen-bond acceptors (Lipinski definition) is 2. The molecule has 0 spiro atoms.